The summed E-state index contributed by atoms with van der Waals surface area (Å²) in [6, 6.07) is 4.88. The summed E-state index contributed by atoms with van der Waals surface area (Å²) >= 11 is 6.69. The number of hydrogen-bond acceptors (Lipinski definition) is 2. The predicted octanol–water partition coefficient (Wildman–Crippen LogP) is 5.25. The second-order valence-electron chi connectivity index (χ2n) is 4.18. The fourth-order valence-electron chi connectivity index (χ4n) is 1.82. The molecule has 2 aromatic carbocycles. The summed E-state index contributed by atoms with van der Waals surface area (Å²) in [5, 5.41) is 2.72. The van der Waals surface area contributed by atoms with E-state index in [0.29, 0.717) is 11.8 Å². The molecule has 0 heterocycles. The standard InChI is InChI=1S/C14H10Br2F3NO/c1-21-14-7(2-8(15)3-9(14)16)6-20-13-5-11(18)10(17)4-12(13)19/h2-5,20H,6H2,1H3. The fraction of sp³-hybridized carbons (Fsp3) is 0.143. The summed E-state index contributed by atoms with van der Waals surface area (Å²) in [5.41, 5.74) is 0.606. The van der Waals surface area contributed by atoms with E-state index in [-0.39, 0.29) is 12.2 Å². The molecule has 0 atom stereocenters. The molecule has 7 heteroatoms. The zero-order chi connectivity index (χ0) is 15.6. The topological polar surface area (TPSA) is 21.3 Å². The van der Waals surface area contributed by atoms with Gasteiger partial charge in [-0.25, -0.2) is 13.2 Å². The Bertz CT molecular complexity index is 680. The quantitative estimate of drug-likeness (QED) is 0.677. The molecule has 0 amide bonds. The molecule has 2 aromatic rings. The van der Waals surface area contributed by atoms with E-state index in [1.54, 1.807) is 12.1 Å². The Balaban J connectivity index is 2.26. The van der Waals surface area contributed by atoms with Crippen molar-refractivity contribution in [1.29, 1.82) is 0 Å². The van der Waals surface area contributed by atoms with Crippen molar-refractivity contribution >= 4 is 37.5 Å². The molecule has 0 unspecified atom stereocenters. The number of benzene rings is 2. The smallest absolute Gasteiger partial charge is 0.161 e. The van der Waals surface area contributed by atoms with Gasteiger partial charge in [-0.3, -0.25) is 0 Å². The highest BCUT2D eigenvalue weighted by Gasteiger charge is 2.12. The number of nitrogens with one attached hydrogen (secondary N) is 1. The van der Waals surface area contributed by atoms with Crippen LogP contribution in [0.25, 0.3) is 0 Å². The van der Waals surface area contributed by atoms with Crippen LogP contribution < -0.4 is 10.1 Å². The molecule has 2 nitrogen and oxygen atoms in total. The van der Waals surface area contributed by atoms with E-state index >= 15 is 0 Å². The van der Waals surface area contributed by atoms with Crippen LogP contribution in [0.5, 0.6) is 5.75 Å². The molecule has 0 aromatic heterocycles. The van der Waals surface area contributed by atoms with Crippen molar-refractivity contribution in [2.75, 3.05) is 12.4 Å². The van der Waals surface area contributed by atoms with Gasteiger partial charge in [0.05, 0.1) is 17.3 Å². The van der Waals surface area contributed by atoms with E-state index in [0.717, 1.165) is 20.6 Å². The van der Waals surface area contributed by atoms with Crippen molar-refractivity contribution in [2.24, 2.45) is 0 Å². The van der Waals surface area contributed by atoms with Gasteiger partial charge in [0, 0.05) is 28.7 Å². The van der Waals surface area contributed by atoms with Gasteiger partial charge in [-0.2, -0.15) is 0 Å². The van der Waals surface area contributed by atoms with Gasteiger partial charge in [0.25, 0.3) is 0 Å². The van der Waals surface area contributed by atoms with E-state index in [1.165, 1.54) is 7.11 Å². The largest absolute Gasteiger partial charge is 0.495 e. The monoisotopic (exact) mass is 423 g/mol. The predicted molar refractivity (Wildman–Crippen MR) is 82.0 cm³/mol. The minimum Gasteiger partial charge on any atom is -0.495 e. The molecule has 0 fully saturated rings. The average Bonchev–Trinajstić information content (AvgIpc) is 2.41. The first-order chi connectivity index (χ1) is 9.92. The molecular formula is C14H10Br2F3NO. The number of ether oxygens (including phenoxy) is 1. The summed E-state index contributed by atoms with van der Waals surface area (Å²) in [5.74, 6) is -2.61. The van der Waals surface area contributed by atoms with Crippen molar-refractivity contribution in [3.8, 4) is 5.75 Å². The zero-order valence-corrected chi connectivity index (χ0v) is 14.0. The second-order valence-corrected chi connectivity index (χ2v) is 5.95. The molecule has 1 N–H and O–H groups in total. The molecule has 0 aliphatic heterocycles. The minimum absolute atomic E-state index is 0.118. The first-order valence-electron chi connectivity index (χ1n) is 5.82. The molecule has 21 heavy (non-hydrogen) atoms. The summed E-state index contributed by atoms with van der Waals surface area (Å²) in [7, 11) is 1.51. The Hall–Kier alpha value is -1.21. The normalized spacial score (nSPS) is 10.6. The number of hydrogen-bond donors (Lipinski definition) is 1. The summed E-state index contributed by atoms with van der Waals surface area (Å²) < 4.78 is 46.3. The third-order valence-corrected chi connectivity index (χ3v) is 3.82. The zero-order valence-electron chi connectivity index (χ0n) is 10.8. The highest BCUT2D eigenvalue weighted by atomic mass is 79.9. The van der Waals surface area contributed by atoms with Crippen molar-refractivity contribution in [1.82, 2.24) is 0 Å². The van der Waals surface area contributed by atoms with Gasteiger partial charge in [0.15, 0.2) is 11.6 Å². The Labute approximate surface area is 136 Å². The van der Waals surface area contributed by atoms with Gasteiger partial charge in [0.1, 0.15) is 11.6 Å². The molecule has 0 bridgehead atoms. The lowest BCUT2D eigenvalue weighted by molar-refractivity contribution is 0.407. The number of methoxy groups -OCH3 is 1. The molecule has 0 saturated heterocycles. The van der Waals surface area contributed by atoms with Crippen LogP contribution in [-0.2, 0) is 6.54 Å². The third-order valence-electron chi connectivity index (χ3n) is 2.77. The maximum Gasteiger partial charge on any atom is 0.161 e. The summed E-state index contributed by atoms with van der Waals surface area (Å²) in [4.78, 5) is 0. The molecule has 0 radical (unpaired) electrons. The van der Waals surface area contributed by atoms with Crippen LogP contribution >= 0.6 is 31.9 Å². The number of halogens is 5. The van der Waals surface area contributed by atoms with E-state index in [9.17, 15) is 13.2 Å². The van der Waals surface area contributed by atoms with Gasteiger partial charge in [-0.05, 0) is 28.1 Å². The molecule has 0 aliphatic carbocycles. The minimum atomic E-state index is -1.22. The summed E-state index contributed by atoms with van der Waals surface area (Å²) in [6.07, 6.45) is 0. The Morgan fingerprint density at radius 1 is 1.00 bits per heavy atom. The van der Waals surface area contributed by atoms with Crippen LogP contribution in [-0.4, -0.2) is 7.11 Å². The first-order valence-corrected chi connectivity index (χ1v) is 7.41. The Kier molecular flexibility index (Phi) is 5.16. The first kappa shape index (κ1) is 16.2. The van der Waals surface area contributed by atoms with Crippen molar-refractivity contribution < 1.29 is 17.9 Å². The highest BCUT2D eigenvalue weighted by molar-refractivity contribution is 9.11. The summed E-state index contributed by atoms with van der Waals surface area (Å²) in [6.45, 7) is 0.184. The average molecular weight is 425 g/mol. The molecule has 0 saturated carbocycles. The fourth-order valence-corrected chi connectivity index (χ4v) is 3.30. The molecule has 2 rings (SSSR count). The van der Waals surface area contributed by atoms with Crippen LogP contribution in [0.2, 0.25) is 0 Å². The van der Waals surface area contributed by atoms with E-state index < -0.39 is 17.5 Å². The van der Waals surface area contributed by atoms with Gasteiger partial charge in [0.2, 0.25) is 0 Å². The van der Waals surface area contributed by atoms with Crippen molar-refractivity contribution in [3.63, 3.8) is 0 Å². The molecule has 112 valence electrons. The number of rotatable bonds is 4. The van der Waals surface area contributed by atoms with Gasteiger partial charge in [-0.15, -0.1) is 0 Å². The highest BCUT2D eigenvalue weighted by Crippen LogP contribution is 2.33. The molecule has 0 spiro atoms. The van der Waals surface area contributed by atoms with Crippen LogP contribution in [0.1, 0.15) is 5.56 Å². The van der Waals surface area contributed by atoms with Crippen LogP contribution in [0, 0.1) is 17.5 Å². The second kappa shape index (κ2) is 6.70. The van der Waals surface area contributed by atoms with Gasteiger partial charge >= 0.3 is 0 Å². The van der Waals surface area contributed by atoms with E-state index in [2.05, 4.69) is 37.2 Å². The van der Waals surface area contributed by atoms with Crippen molar-refractivity contribution in [3.05, 3.63) is 56.2 Å². The maximum absolute atomic E-state index is 13.6. The Morgan fingerprint density at radius 2 is 1.67 bits per heavy atom. The SMILES string of the molecule is COc1c(Br)cc(Br)cc1CNc1cc(F)c(F)cc1F. The Morgan fingerprint density at radius 3 is 2.33 bits per heavy atom. The van der Waals surface area contributed by atoms with Gasteiger partial charge < -0.3 is 10.1 Å². The molecular weight excluding hydrogens is 415 g/mol. The van der Waals surface area contributed by atoms with E-state index in [1.807, 2.05) is 0 Å². The van der Waals surface area contributed by atoms with Crippen LogP contribution in [0.3, 0.4) is 0 Å². The molecule has 0 aliphatic rings. The third kappa shape index (κ3) is 3.71. The van der Waals surface area contributed by atoms with E-state index in [4.69, 9.17) is 4.74 Å². The number of anilines is 1. The lowest BCUT2D eigenvalue weighted by atomic mass is 10.2. The maximum atomic E-state index is 13.6. The van der Waals surface area contributed by atoms with Crippen LogP contribution in [0.4, 0.5) is 18.9 Å². The van der Waals surface area contributed by atoms with Crippen molar-refractivity contribution in [2.45, 2.75) is 6.54 Å². The lowest BCUT2D eigenvalue weighted by Crippen LogP contribution is -2.05. The van der Waals surface area contributed by atoms with Gasteiger partial charge in [-0.1, -0.05) is 15.9 Å². The lowest BCUT2D eigenvalue weighted by Gasteiger charge is -2.13. The van der Waals surface area contributed by atoms with Crippen LogP contribution in [0.15, 0.2) is 33.2 Å².